The number of benzene rings is 2. The molecule has 0 atom stereocenters. The highest BCUT2D eigenvalue weighted by Crippen LogP contribution is 2.30. The first-order chi connectivity index (χ1) is 10.2. The van der Waals surface area contributed by atoms with Crippen molar-refractivity contribution in [2.75, 3.05) is 30.3 Å². The molecule has 1 heterocycles. The van der Waals surface area contributed by atoms with Gasteiger partial charge in [0.1, 0.15) is 18.2 Å². The molecule has 0 spiro atoms. The minimum atomic E-state index is -0.274. The summed E-state index contributed by atoms with van der Waals surface area (Å²) in [6.07, 6.45) is 2.13. The minimum absolute atomic E-state index is 0.274. The van der Waals surface area contributed by atoms with Crippen LogP contribution in [0.2, 0.25) is 0 Å². The Kier molecular flexibility index (Phi) is 3.95. The van der Waals surface area contributed by atoms with Gasteiger partial charge in [-0.1, -0.05) is 12.1 Å². The van der Waals surface area contributed by atoms with E-state index in [1.807, 2.05) is 12.1 Å². The number of hydrogen-bond acceptors (Lipinski definition) is 3. The summed E-state index contributed by atoms with van der Waals surface area (Å²) >= 11 is 0. The van der Waals surface area contributed by atoms with Crippen molar-refractivity contribution in [3.63, 3.8) is 0 Å². The molecule has 0 fully saturated rings. The smallest absolute Gasteiger partial charge is 0.126 e. The average molecular weight is 286 g/mol. The number of nitrogens with zero attached hydrogens (tertiary/aromatic N) is 1. The highest BCUT2D eigenvalue weighted by Gasteiger charge is 2.18. The number of nitrogens with two attached hydrogens (primary N) is 1. The van der Waals surface area contributed by atoms with Gasteiger partial charge in [0.2, 0.25) is 0 Å². The Hall–Kier alpha value is -2.23. The van der Waals surface area contributed by atoms with Crippen molar-refractivity contribution in [3.8, 4) is 5.75 Å². The second-order valence-corrected chi connectivity index (χ2v) is 5.24. The lowest BCUT2D eigenvalue weighted by Gasteiger charge is -2.31. The van der Waals surface area contributed by atoms with Crippen LogP contribution in [0, 0.1) is 5.82 Å². The molecule has 4 heteroatoms. The number of anilines is 2. The zero-order valence-electron chi connectivity index (χ0n) is 11.9. The first-order valence-corrected chi connectivity index (χ1v) is 7.25. The van der Waals surface area contributed by atoms with E-state index in [1.165, 1.54) is 23.4 Å². The number of rotatable bonds is 4. The first-order valence-electron chi connectivity index (χ1n) is 7.25. The number of ether oxygens (including phenoxy) is 1. The van der Waals surface area contributed by atoms with Gasteiger partial charge >= 0.3 is 0 Å². The van der Waals surface area contributed by atoms with Crippen LogP contribution in [-0.2, 0) is 6.42 Å². The van der Waals surface area contributed by atoms with Crippen LogP contribution < -0.4 is 15.4 Å². The molecule has 3 nitrogen and oxygen atoms in total. The SMILES string of the molecule is Nc1cccc2c1CCCN2CCOc1cccc(F)c1. The van der Waals surface area contributed by atoms with Gasteiger partial charge in [0.25, 0.3) is 0 Å². The van der Waals surface area contributed by atoms with E-state index in [2.05, 4.69) is 11.0 Å². The van der Waals surface area contributed by atoms with Crippen LogP contribution in [0.3, 0.4) is 0 Å². The third-order valence-electron chi connectivity index (χ3n) is 3.81. The second kappa shape index (κ2) is 6.04. The number of halogens is 1. The Labute approximate surface area is 124 Å². The summed E-state index contributed by atoms with van der Waals surface area (Å²) < 4.78 is 18.7. The molecule has 0 saturated carbocycles. The van der Waals surface area contributed by atoms with Crippen molar-refractivity contribution in [1.82, 2.24) is 0 Å². The van der Waals surface area contributed by atoms with Gasteiger partial charge in [0, 0.05) is 24.0 Å². The summed E-state index contributed by atoms with van der Waals surface area (Å²) in [5.41, 5.74) is 9.33. The predicted molar refractivity (Wildman–Crippen MR) is 83.3 cm³/mol. The van der Waals surface area contributed by atoms with Crippen LogP contribution in [-0.4, -0.2) is 19.7 Å². The number of nitrogen functional groups attached to an aromatic ring is 1. The van der Waals surface area contributed by atoms with E-state index in [1.54, 1.807) is 12.1 Å². The van der Waals surface area contributed by atoms with Crippen LogP contribution in [0.15, 0.2) is 42.5 Å². The molecule has 21 heavy (non-hydrogen) atoms. The summed E-state index contributed by atoms with van der Waals surface area (Å²) in [7, 11) is 0. The average Bonchev–Trinajstić information content (AvgIpc) is 2.48. The van der Waals surface area contributed by atoms with Gasteiger partial charge in [0.05, 0.1) is 6.54 Å². The highest BCUT2D eigenvalue weighted by molar-refractivity contribution is 5.66. The Balaban J connectivity index is 1.63. The lowest BCUT2D eigenvalue weighted by atomic mass is 10.00. The van der Waals surface area contributed by atoms with E-state index in [-0.39, 0.29) is 5.82 Å². The molecular formula is C17H19FN2O. The number of fused-ring (bicyclic) bond motifs is 1. The van der Waals surface area contributed by atoms with Crippen LogP contribution in [0.1, 0.15) is 12.0 Å². The summed E-state index contributed by atoms with van der Waals surface area (Å²) in [4.78, 5) is 2.29. The highest BCUT2D eigenvalue weighted by atomic mass is 19.1. The van der Waals surface area contributed by atoms with E-state index < -0.39 is 0 Å². The Morgan fingerprint density at radius 3 is 2.90 bits per heavy atom. The topological polar surface area (TPSA) is 38.5 Å². The summed E-state index contributed by atoms with van der Waals surface area (Å²) in [5, 5.41) is 0. The standard InChI is InChI=1S/C17H19FN2O/c18-13-4-1-5-14(12-13)21-11-10-20-9-3-6-15-16(19)7-2-8-17(15)20/h1-2,4-5,7-8,12H,3,6,9-11,19H2. The van der Waals surface area contributed by atoms with Crippen LogP contribution in [0.5, 0.6) is 5.75 Å². The molecule has 110 valence electrons. The molecule has 0 saturated heterocycles. The molecule has 0 aliphatic carbocycles. The third kappa shape index (κ3) is 3.10. The quantitative estimate of drug-likeness (QED) is 0.877. The van der Waals surface area contributed by atoms with Gasteiger partial charge in [-0.15, -0.1) is 0 Å². The summed E-state index contributed by atoms with van der Waals surface area (Å²) in [6.45, 7) is 2.30. The van der Waals surface area contributed by atoms with E-state index >= 15 is 0 Å². The molecule has 1 aliphatic rings. The van der Waals surface area contributed by atoms with Gasteiger partial charge in [-0.3, -0.25) is 0 Å². The normalized spacial score (nSPS) is 13.9. The largest absolute Gasteiger partial charge is 0.492 e. The molecule has 0 bridgehead atoms. The van der Waals surface area contributed by atoms with Crippen LogP contribution in [0.25, 0.3) is 0 Å². The molecule has 2 aromatic rings. The number of hydrogen-bond donors (Lipinski definition) is 1. The molecule has 2 N–H and O–H groups in total. The maximum absolute atomic E-state index is 13.1. The Morgan fingerprint density at radius 2 is 2.05 bits per heavy atom. The molecule has 0 aromatic heterocycles. The van der Waals surface area contributed by atoms with Gasteiger partial charge in [-0.25, -0.2) is 4.39 Å². The molecule has 0 unspecified atom stereocenters. The molecule has 0 amide bonds. The van der Waals surface area contributed by atoms with Crippen LogP contribution in [0.4, 0.5) is 15.8 Å². The van der Waals surface area contributed by atoms with Gasteiger partial charge < -0.3 is 15.4 Å². The third-order valence-corrected chi connectivity index (χ3v) is 3.81. The zero-order chi connectivity index (χ0) is 14.7. The van der Waals surface area contributed by atoms with E-state index in [4.69, 9.17) is 10.5 Å². The van der Waals surface area contributed by atoms with Crippen molar-refractivity contribution >= 4 is 11.4 Å². The zero-order valence-corrected chi connectivity index (χ0v) is 11.9. The predicted octanol–water partition coefficient (Wildman–Crippen LogP) is 3.24. The monoisotopic (exact) mass is 286 g/mol. The van der Waals surface area contributed by atoms with Crippen molar-refractivity contribution in [2.45, 2.75) is 12.8 Å². The fourth-order valence-corrected chi connectivity index (χ4v) is 2.79. The lowest BCUT2D eigenvalue weighted by Crippen LogP contribution is -2.33. The van der Waals surface area contributed by atoms with E-state index in [9.17, 15) is 4.39 Å². The molecule has 0 radical (unpaired) electrons. The second-order valence-electron chi connectivity index (χ2n) is 5.24. The maximum atomic E-state index is 13.1. The van der Waals surface area contributed by atoms with Crippen molar-refractivity contribution in [3.05, 3.63) is 53.8 Å². The van der Waals surface area contributed by atoms with Gasteiger partial charge in [0.15, 0.2) is 0 Å². The molecule has 1 aliphatic heterocycles. The summed E-state index contributed by atoms with van der Waals surface area (Å²) in [6, 6.07) is 12.3. The fourth-order valence-electron chi connectivity index (χ4n) is 2.79. The molecule has 2 aromatic carbocycles. The van der Waals surface area contributed by atoms with E-state index in [0.29, 0.717) is 12.4 Å². The van der Waals surface area contributed by atoms with Gasteiger partial charge in [-0.05, 0) is 42.7 Å². The first kappa shape index (κ1) is 13.7. The Morgan fingerprint density at radius 1 is 1.19 bits per heavy atom. The molecule has 3 rings (SSSR count). The van der Waals surface area contributed by atoms with Crippen LogP contribution >= 0.6 is 0 Å². The van der Waals surface area contributed by atoms with Gasteiger partial charge in [-0.2, -0.15) is 0 Å². The fraction of sp³-hybridized carbons (Fsp3) is 0.294. The van der Waals surface area contributed by atoms with E-state index in [0.717, 1.165) is 31.6 Å². The maximum Gasteiger partial charge on any atom is 0.126 e. The summed E-state index contributed by atoms with van der Waals surface area (Å²) in [5.74, 6) is 0.295. The molecular weight excluding hydrogens is 267 g/mol. The lowest BCUT2D eigenvalue weighted by molar-refractivity contribution is 0.321. The Bertz CT molecular complexity index is 630. The minimum Gasteiger partial charge on any atom is -0.492 e. The van der Waals surface area contributed by atoms with Crippen molar-refractivity contribution in [1.29, 1.82) is 0 Å². The van der Waals surface area contributed by atoms with Crippen molar-refractivity contribution in [2.24, 2.45) is 0 Å². The van der Waals surface area contributed by atoms with Crippen molar-refractivity contribution < 1.29 is 9.13 Å².